The Morgan fingerprint density at radius 1 is 0.330 bits per heavy atom. The largest absolute Gasteiger partial charge is 0.490 e. The average Bonchev–Trinajstić information content (AvgIpc) is 1.75. The number of aromatic amines is 1. The first-order valence-electron chi connectivity index (χ1n) is 33.9. The Hall–Kier alpha value is -7.36. The molecule has 1 N–H and O–H groups in total. The van der Waals surface area contributed by atoms with Crippen LogP contribution in [0.2, 0.25) is 0 Å². The van der Waals surface area contributed by atoms with Gasteiger partial charge in [-0.05, 0) is 57.4 Å². The van der Waals surface area contributed by atoms with Crippen LogP contribution in [0.25, 0.3) is 89.7 Å². The van der Waals surface area contributed by atoms with Gasteiger partial charge in [-0.25, -0.2) is 29.9 Å². The van der Waals surface area contributed by atoms with Gasteiger partial charge in [0.15, 0.2) is 57.6 Å². The smallest absolute Gasteiger partial charge is 0.208 e. The van der Waals surface area contributed by atoms with E-state index in [0.717, 1.165) is 176 Å². The molecule has 2 aliphatic heterocycles. The molecule has 88 heavy (non-hydrogen) atoms. The van der Waals surface area contributed by atoms with E-state index in [1.54, 1.807) is 4.73 Å². The van der Waals surface area contributed by atoms with Gasteiger partial charge in [0.2, 0.25) is 17.2 Å². The van der Waals surface area contributed by atoms with Crippen LogP contribution in [0.1, 0.15) is 209 Å². The standard InChI is InChI=1S/C72H98N8O8/c1-9-17-29-41-81-55-49-54-56(60(83-43-31-19-11-3)59(55)82-42-30-18-10-2)68-75-67(54)79-72-53-40-28-27-39-52(53)71(80(72)88-48-36-24-16-8)78-66-51-38-26-25-37-50(51)65(73-66)74-69-57-58(70(76-68)77-69)62(85-45-33-21-13-5)64(87-47-35-23-15-7)63(86-46-34-22-14-6)61(57)84-44-32-20-12-4/h25-28,37-40,49H,9-24,29-36,41-48H2,1-8H3,(H,73,74,75,76,77,78,79). The molecule has 0 aliphatic carbocycles. The molecule has 0 saturated heterocycles. The number of hydrogen-bond acceptors (Lipinski definition) is 14. The Kier molecular flexibility index (Phi) is 25.0. The van der Waals surface area contributed by atoms with Crippen LogP contribution in [0.3, 0.4) is 0 Å². The van der Waals surface area contributed by atoms with E-state index in [-0.39, 0.29) is 0 Å². The van der Waals surface area contributed by atoms with Crippen molar-refractivity contribution in [1.29, 1.82) is 0 Å². The van der Waals surface area contributed by atoms with Gasteiger partial charge >= 0.3 is 0 Å². The SMILES string of the molecule is CCCCCOc1cc2c(c(OCCCCC)c1OCCCCC)-c1nc-2nc2c3ccccc3c(nc3nc(nc4[nH]c(n1)c1c(OCCCCC)c(OCCCCC)c(OCCCCC)c(OCCCCC)c41)-c1ccccc1-3)n2OCCCCC. The third kappa shape index (κ3) is 15.5. The van der Waals surface area contributed by atoms with Crippen LogP contribution in [0.5, 0.6) is 40.2 Å². The number of benzene rings is 4. The molecule has 16 heteroatoms. The number of ether oxygens (including phenoxy) is 7. The van der Waals surface area contributed by atoms with Gasteiger partial charge in [-0.1, -0.05) is 207 Å². The van der Waals surface area contributed by atoms with Crippen LogP contribution in [0.4, 0.5) is 0 Å². The van der Waals surface area contributed by atoms with Gasteiger partial charge in [0.1, 0.15) is 17.9 Å². The first-order chi connectivity index (χ1) is 43.4. The van der Waals surface area contributed by atoms with Gasteiger partial charge < -0.3 is 43.0 Å². The van der Waals surface area contributed by atoms with Crippen molar-refractivity contribution < 1.29 is 38.0 Å². The maximum Gasteiger partial charge on any atom is 0.208 e. The monoisotopic (exact) mass is 1200 g/mol. The molecule has 4 aromatic carbocycles. The summed E-state index contributed by atoms with van der Waals surface area (Å²) in [6.45, 7) is 21.2. The first kappa shape index (κ1) is 65.1. The minimum Gasteiger partial charge on any atom is -0.490 e. The summed E-state index contributed by atoms with van der Waals surface area (Å²) in [6, 6.07) is 18.3. The summed E-state index contributed by atoms with van der Waals surface area (Å²) in [6.07, 6.45) is 23.0. The number of unbranched alkanes of at least 4 members (excludes halogenated alkanes) is 16. The van der Waals surface area contributed by atoms with E-state index < -0.39 is 0 Å². The number of fused-ring (bicyclic) bond motifs is 20. The highest BCUT2D eigenvalue weighted by atomic mass is 16.7. The van der Waals surface area contributed by atoms with E-state index >= 15 is 0 Å². The fourth-order valence-electron chi connectivity index (χ4n) is 11.2. The molecule has 0 amide bonds. The van der Waals surface area contributed by atoms with Crippen LogP contribution >= 0.6 is 0 Å². The predicted octanol–water partition coefficient (Wildman–Crippen LogP) is 18.9. The number of rotatable bonds is 40. The van der Waals surface area contributed by atoms with Crippen LogP contribution in [0, 0.1) is 0 Å². The molecule has 0 unspecified atom stereocenters. The lowest BCUT2D eigenvalue weighted by Gasteiger charge is -2.22. The van der Waals surface area contributed by atoms with E-state index in [2.05, 4.69) is 72.5 Å². The number of nitrogens with one attached hydrogen (secondary N) is 1. The molecule has 474 valence electrons. The lowest BCUT2D eigenvalue weighted by molar-refractivity contribution is 0.123. The molecule has 7 aromatic rings. The number of aromatic nitrogens is 8. The highest BCUT2D eigenvalue weighted by molar-refractivity contribution is 6.14. The summed E-state index contributed by atoms with van der Waals surface area (Å²) in [4.78, 5) is 44.1. The fraction of sp³-hybridized carbons (Fsp3) is 0.556. The van der Waals surface area contributed by atoms with Crippen molar-refractivity contribution in [2.24, 2.45) is 0 Å². The van der Waals surface area contributed by atoms with Crippen molar-refractivity contribution in [3.63, 3.8) is 0 Å². The maximum atomic E-state index is 7.19. The van der Waals surface area contributed by atoms with Gasteiger partial charge in [-0.15, -0.1) is 4.73 Å². The summed E-state index contributed by atoms with van der Waals surface area (Å²) in [5, 5.41) is 2.92. The van der Waals surface area contributed by atoms with Crippen LogP contribution in [0.15, 0.2) is 54.6 Å². The number of hydrogen-bond donors (Lipinski definition) is 1. The minimum atomic E-state index is 0.347. The second-order valence-corrected chi connectivity index (χ2v) is 23.3. The van der Waals surface area contributed by atoms with Crippen LogP contribution in [-0.2, 0) is 0 Å². The molecule has 0 saturated carbocycles. The van der Waals surface area contributed by atoms with Crippen molar-refractivity contribution in [2.75, 3.05) is 52.9 Å². The van der Waals surface area contributed by atoms with Gasteiger partial charge in [0, 0.05) is 27.5 Å². The van der Waals surface area contributed by atoms with E-state index in [0.29, 0.717) is 161 Å². The Bertz CT molecular complexity index is 3540. The molecule has 2 aliphatic rings. The Balaban J connectivity index is 1.51. The second-order valence-electron chi connectivity index (χ2n) is 23.3. The molecule has 9 rings (SSSR count). The van der Waals surface area contributed by atoms with Gasteiger partial charge in [0.25, 0.3) is 0 Å². The molecule has 16 nitrogen and oxygen atoms in total. The van der Waals surface area contributed by atoms with E-state index in [1.165, 1.54) is 0 Å². The van der Waals surface area contributed by atoms with Crippen molar-refractivity contribution >= 4 is 44.1 Å². The van der Waals surface area contributed by atoms with Crippen LogP contribution in [-0.4, -0.2) is 92.5 Å². The zero-order valence-corrected chi connectivity index (χ0v) is 54.2. The Morgan fingerprint density at radius 2 is 0.682 bits per heavy atom. The number of H-pyrrole nitrogens is 1. The third-order valence-electron chi connectivity index (χ3n) is 16.1. The Morgan fingerprint density at radius 3 is 1.14 bits per heavy atom. The first-order valence-corrected chi connectivity index (χ1v) is 33.9. The molecular formula is C72H98N8O8. The quantitative estimate of drug-likeness (QED) is 0.0360. The molecule has 0 atom stereocenters. The van der Waals surface area contributed by atoms with Gasteiger partial charge in [0.05, 0.1) is 62.6 Å². The van der Waals surface area contributed by atoms with Crippen molar-refractivity contribution in [1.82, 2.24) is 39.6 Å². The Labute approximate surface area is 522 Å². The van der Waals surface area contributed by atoms with Gasteiger partial charge in [-0.2, -0.15) is 0 Å². The third-order valence-corrected chi connectivity index (χ3v) is 16.1. The van der Waals surface area contributed by atoms with E-state index in [4.69, 9.17) is 67.9 Å². The fourth-order valence-corrected chi connectivity index (χ4v) is 11.2. The molecule has 0 fully saturated rings. The van der Waals surface area contributed by atoms with Crippen molar-refractivity contribution in [3.8, 4) is 85.8 Å². The molecule has 5 heterocycles. The van der Waals surface area contributed by atoms with Crippen LogP contribution < -0.4 is 38.0 Å². The average molecular weight is 1200 g/mol. The molecular weight excluding hydrogens is 1100 g/mol. The molecule has 0 radical (unpaired) electrons. The second kappa shape index (κ2) is 33.8. The lowest BCUT2D eigenvalue weighted by Crippen LogP contribution is -2.13. The van der Waals surface area contributed by atoms with Crippen molar-refractivity contribution in [2.45, 2.75) is 209 Å². The molecule has 8 bridgehead atoms. The minimum absolute atomic E-state index is 0.347. The normalized spacial score (nSPS) is 11.7. The topological polar surface area (TPSA) is 172 Å². The lowest BCUT2D eigenvalue weighted by atomic mass is 10.0. The van der Waals surface area contributed by atoms with Gasteiger partial charge in [-0.3, -0.25) is 0 Å². The predicted molar refractivity (Wildman–Crippen MR) is 356 cm³/mol. The maximum absolute atomic E-state index is 7.19. The number of nitrogens with zero attached hydrogens (tertiary/aromatic N) is 7. The summed E-state index contributed by atoms with van der Waals surface area (Å²) >= 11 is 0. The highest BCUT2D eigenvalue weighted by Gasteiger charge is 2.34. The summed E-state index contributed by atoms with van der Waals surface area (Å²) in [5.74, 6) is 5.25. The summed E-state index contributed by atoms with van der Waals surface area (Å²) < 4.78 is 51.2. The molecule has 0 spiro atoms. The van der Waals surface area contributed by atoms with Crippen molar-refractivity contribution in [3.05, 3.63) is 54.6 Å². The van der Waals surface area contributed by atoms with E-state index in [1.807, 2.05) is 42.5 Å². The zero-order valence-electron chi connectivity index (χ0n) is 54.2. The summed E-state index contributed by atoms with van der Waals surface area (Å²) in [7, 11) is 0. The molecule has 3 aromatic heterocycles. The van der Waals surface area contributed by atoms with E-state index in [9.17, 15) is 0 Å². The zero-order chi connectivity index (χ0) is 61.5. The summed E-state index contributed by atoms with van der Waals surface area (Å²) in [5.41, 5.74) is 4.89. The highest BCUT2D eigenvalue weighted by Crippen LogP contribution is 2.56.